The largest absolute Gasteiger partial charge is 0.463 e. The predicted molar refractivity (Wildman–Crippen MR) is 69.8 cm³/mol. The first-order valence-corrected chi connectivity index (χ1v) is 6.88. The number of ether oxygens (including phenoxy) is 5. The zero-order chi connectivity index (χ0) is 17.1. The van der Waals surface area contributed by atoms with E-state index in [2.05, 4.69) is 5.32 Å². The minimum absolute atomic E-state index is 0.258. The van der Waals surface area contributed by atoms with E-state index < -0.39 is 54.6 Å². The molecule has 0 aromatic rings. The van der Waals surface area contributed by atoms with Crippen molar-refractivity contribution in [3.8, 4) is 0 Å². The van der Waals surface area contributed by atoms with Gasteiger partial charge in [0, 0.05) is 20.8 Å². The van der Waals surface area contributed by atoms with E-state index in [4.69, 9.17) is 23.7 Å². The summed E-state index contributed by atoms with van der Waals surface area (Å²) in [5.41, 5.74) is 0. The molecule has 0 aromatic heterocycles. The van der Waals surface area contributed by atoms with Crippen molar-refractivity contribution in [2.24, 2.45) is 0 Å². The maximum atomic E-state index is 11.4. The van der Waals surface area contributed by atoms with E-state index in [9.17, 15) is 19.2 Å². The Morgan fingerprint density at radius 2 is 1.65 bits per heavy atom. The van der Waals surface area contributed by atoms with Crippen LogP contribution in [0.4, 0.5) is 4.79 Å². The number of esters is 3. The summed E-state index contributed by atoms with van der Waals surface area (Å²) >= 11 is 0. The van der Waals surface area contributed by atoms with E-state index >= 15 is 0 Å². The number of fused-ring (bicyclic) bond motifs is 1. The molecule has 2 saturated heterocycles. The average molecular weight is 331 g/mol. The van der Waals surface area contributed by atoms with Gasteiger partial charge in [-0.3, -0.25) is 14.4 Å². The topological polar surface area (TPSA) is 126 Å². The van der Waals surface area contributed by atoms with E-state index in [1.54, 1.807) is 0 Å². The fourth-order valence-corrected chi connectivity index (χ4v) is 2.43. The predicted octanol–water partition coefficient (Wildman–Crippen LogP) is -0.754. The van der Waals surface area contributed by atoms with E-state index in [0.717, 1.165) is 0 Å². The number of rotatable bonds is 4. The molecule has 0 bridgehead atoms. The van der Waals surface area contributed by atoms with Gasteiger partial charge in [-0.2, -0.15) is 0 Å². The van der Waals surface area contributed by atoms with Crippen LogP contribution < -0.4 is 5.32 Å². The summed E-state index contributed by atoms with van der Waals surface area (Å²) in [5, 5.41) is 2.44. The van der Waals surface area contributed by atoms with Gasteiger partial charge in [-0.1, -0.05) is 0 Å². The molecule has 0 unspecified atom stereocenters. The normalized spacial score (nSPS) is 32.1. The Labute approximate surface area is 131 Å². The number of alkyl carbamates (subject to hydrolysis) is 1. The smallest absolute Gasteiger partial charge is 0.410 e. The Balaban J connectivity index is 2.25. The van der Waals surface area contributed by atoms with Crippen molar-refractivity contribution in [3.05, 3.63) is 0 Å². The molecule has 5 atom stereocenters. The lowest BCUT2D eigenvalue weighted by atomic mass is 9.97. The summed E-state index contributed by atoms with van der Waals surface area (Å²) in [4.78, 5) is 45.1. The van der Waals surface area contributed by atoms with Gasteiger partial charge in [-0.15, -0.1) is 0 Å². The molecule has 1 amide bonds. The number of hydrogen-bond acceptors (Lipinski definition) is 9. The van der Waals surface area contributed by atoms with Gasteiger partial charge in [-0.05, 0) is 0 Å². The van der Waals surface area contributed by atoms with Crippen LogP contribution in [0.1, 0.15) is 20.8 Å². The maximum Gasteiger partial charge on any atom is 0.410 e. The molecule has 2 heterocycles. The molecule has 23 heavy (non-hydrogen) atoms. The van der Waals surface area contributed by atoms with Gasteiger partial charge in [0.2, 0.25) is 6.29 Å². The summed E-state index contributed by atoms with van der Waals surface area (Å²) in [6, 6.07) is -0.843. The molecule has 128 valence electrons. The molecule has 2 fully saturated rings. The molecule has 2 aliphatic rings. The number of amides is 1. The van der Waals surface area contributed by atoms with Crippen LogP contribution in [0, 0.1) is 0 Å². The Bertz CT molecular complexity index is 520. The first-order chi connectivity index (χ1) is 10.8. The number of carbonyl (C=O) groups is 4. The number of nitrogens with one attached hydrogen (secondary N) is 1. The van der Waals surface area contributed by atoms with Crippen molar-refractivity contribution in [2.45, 2.75) is 51.4 Å². The fourth-order valence-electron chi connectivity index (χ4n) is 2.43. The zero-order valence-corrected chi connectivity index (χ0v) is 12.8. The molecule has 10 nitrogen and oxygen atoms in total. The summed E-state index contributed by atoms with van der Waals surface area (Å²) in [6.07, 6.45) is -4.88. The summed E-state index contributed by atoms with van der Waals surface area (Å²) in [7, 11) is 0. The molecule has 0 aliphatic carbocycles. The molecule has 10 heteroatoms. The van der Waals surface area contributed by atoms with E-state index in [1.807, 2.05) is 0 Å². The van der Waals surface area contributed by atoms with Gasteiger partial charge in [0.15, 0.2) is 12.2 Å². The molecule has 0 radical (unpaired) electrons. The zero-order valence-electron chi connectivity index (χ0n) is 12.8. The Hall–Kier alpha value is -2.36. The summed E-state index contributed by atoms with van der Waals surface area (Å²) < 4.78 is 25.6. The molecular weight excluding hydrogens is 314 g/mol. The Morgan fingerprint density at radius 3 is 2.22 bits per heavy atom. The van der Waals surface area contributed by atoms with Crippen LogP contribution in [0.2, 0.25) is 0 Å². The second kappa shape index (κ2) is 6.82. The highest BCUT2D eigenvalue weighted by Gasteiger charge is 2.55. The Morgan fingerprint density at radius 1 is 1.04 bits per heavy atom. The van der Waals surface area contributed by atoms with Gasteiger partial charge in [0.1, 0.15) is 18.8 Å². The minimum atomic E-state index is -1.07. The van der Waals surface area contributed by atoms with Crippen molar-refractivity contribution >= 4 is 24.0 Å². The minimum Gasteiger partial charge on any atom is -0.463 e. The monoisotopic (exact) mass is 331 g/mol. The first kappa shape index (κ1) is 17.0. The molecule has 2 rings (SSSR count). The third-order valence-corrected chi connectivity index (χ3v) is 3.21. The second-order valence-corrected chi connectivity index (χ2v) is 5.07. The molecule has 0 saturated carbocycles. The molecule has 2 aliphatic heterocycles. The highest BCUT2D eigenvalue weighted by atomic mass is 16.7. The SMILES string of the molecule is CC(=O)OC[C@@H]1O[C@H]2OC(=O)N[C@@H]2[C@@H](OC(C)=O)[C@H]1OC(C)=O. The lowest BCUT2D eigenvalue weighted by Crippen LogP contribution is -2.62. The maximum absolute atomic E-state index is 11.4. The second-order valence-electron chi connectivity index (χ2n) is 5.07. The standard InChI is InChI=1S/C13H17NO9/c1-5(15)19-4-8-10(20-6(2)16)11(21-7(3)17)9-12(22-8)23-13(18)14-9/h8-12H,4H2,1-3H3,(H,14,18)/t8-,9+,10-,11+,12-/m0/s1. The van der Waals surface area contributed by atoms with Crippen molar-refractivity contribution < 1.29 is 42.9 Å². The van der Waals surface area contributed by atoms with Crippen molar-refractivity contribution in [2.75, 3.05) is 6.61 Å². The Kier molecular flexibility index (Phi) is 5.04. The fraction of sp³-hybridized carbons (Fsp3) is 0.692. The third kappa shape index (κ3) is 4.09. The lowest BCUT2D eigenvalue weighted by molar-refractivity contribution is -0.249. The van der Waals surface area contributed by atoms with Crippen molar-refractivity contribution in [1.29, 1.82) is 0 Å². The van der Waals surface area contributed by atoms with Gasteiger partial charge in [0.05, 0.1) is 0 Å². The highest BCUT2D eigenvalue weighted by Crippen LogP contribution is 2.30. The van der Waals surface area contributed by atoms with Crippen LogP contribution in [-0.4, -0.2) is 61.3 Å². The molecule has 1 N–H and O–H groups in total. The van der Waals surface area contributed by atoms with Crippen LogP contribution >= 0.6 is 0 Å². The number of hydrogen-bond donors (Lipinski definition) is 1. The van der Waals surface area contributed by atoms with Gasteiger partial charge < -0.3 is 29.0 Å². The van der Waals surface area contributed by atoms with Crippen LogP contribution in [0.3, 0.4) is 0 Å². The molecular formula is C13H17NO9. The van der Waals surface area contributed by atoms with Crippen molar-refractivity contribution in [1.82, 2.24) is 5.32 Å². The van der Waals surface area contributed by atoms with Crippen LogP contribution in [-0.2, 0) is 38.1 Å². The van der Waals surface area contributed by atoms with Crippen LogP contribution in [0.25, 0.3) is 0 Å². The lowest BCUT2D eigenvalue weighted by Gasteiger charge is -2.40. The van der Waals surface area contributed by atoms with E-state index in [1.165, 1.54) is 20.8 Å². The number of carbonyl (C=O) groups excluding carboxylic acids is 4. The van der Waals surface area contributed by atoms with Crippen molar-refractivity contribution in [3.63, 3.8) is 0 Å². The van der Waals surface area contributed by atoms with Gasteiger partial charge in [0.25, 0.3) is 0 Å². The van der Waals surface area contributed by atoms with E-state index in [-0.39, 0.29) is 6.61 Å². The average Bonchev–Trinajstić information content (AvgIpc) is 2.78. The summed E-state index contributed by atoms with van der Waals surface area (Å²) in [5.74, 6) is -1.85. The molecule has 0 spiro atoms. The third-order valence-electron chi connectivity index (χ3n) is 3.21. The van der Waals surface area contributed by atoms with Gasteiger partial charge in [-0.25, -0.2) is 4.79 Å². The first-order valence-electron chi connectivity index (χ1n) is 6.88. The molecule has 0 aromatic carbocycles. The quantitative estimate of drug-likeness (QED) is 0.522. The van der Waals surface area contributed by atoms with Crippen LogP contribution in [0.15, 0.2) is 0 Å². The van der Waals surface area contributed by atoms with Gasteiger partial charge >= 0.3 is 24.0 Å². The highest BCUT2D eigenvalue weighted by molar-refractivity contribution is 5.71. The van der Waals surface area contributed by atoms with Crippen LogP contribution in [0.5, 0.6) is 0 Å². The summed E-state index contributed by atoms with van der Waals surface area (Å²) in [6.45, 7) is 3.29. The van der Waals surface area contributed by atoms with E-state index in [0.29, 0.717) is 0 Å².